The predicted molar refractivity (Wildman–Crippen MR) is 122 cm³/mol. The summed E-state index contributed by atoms with van der Waals surface area (Å²) >= 11 is 1.51. The van der Waals surface area contributed by atoms with Gasteiger partial charge in [-0.15, -0.1) is 11.3 Å². The van der Waals surface area contributed by atoms with Crippen LogP contribution in [-0.4, -0.2) is 34.2 Å². The number of fused-ring (bicyclic) bond motifs is 2. The van der Waals surface area contributed by atoms with Gasteiger partial charge in [0, 0.05) is 4.88 Å². The Hall–Kier alpha value is -3.20. The van der Waals surface area contributed by atoms with Crippen LogP contribution in [-0.2, 0) is 17.9 Å². The van der Waals surface area contributed by atoms with E-state index < -0.39 is 6.10 Å². The Bertz CT molecular complexity index is 1320. The van der Waals surface area contributed by atoms with Crippen molar-refractivity contribution < 1.29 is 19.3 Å². The van der Waals surface area contributed by atoms with E-state index in [-0.39, 0.29) is 25.5 Å². The normalized spacial score (nSPS) is 13.6. The lowest BCUT2D eigenvalue weighted by Crippen LogP contribution is -2.29. The molecule has 0 spiro atoms. The third-order valence-corrected chi connectivity index (χ3v) is 6.63. The van der Waals surface area contributed by atoms with Crippen molar-refractivity contribution in [3.63, 3.8) is 0 Å². The van der Waals surface area contributed by atoms with Gasteiger partial charge < -0.3 is 19.3 Å². The van der Waals surface area contributed by atoms with Crippen LogP contribution in [0.15, 0.2) is 59.7 Å². The first-order valence-corrected chi connectivity index (χ1v) is 11.1. The fourth-order valence-electron chi connectivity index (χ4n) is 3.78. The van der Waals surface area contributed by atoms with Gasteiger partial charge in [-0.25, -0.2) is 4.98 Å². The maximum atomic E-state index is 13.1. The summed E-state index contributed by atoms with van der Waals surface area (Å²) in [5, 5.41) is 11.0. The van der Waals surface area contributed by atoms with Crippen LogP contribution < -0.4 is 15.0 Å². The quantitative estimate of drug-likeness (QED) is 0.462. The minimum atomic E-state index is -0.839. The summed E-state index contributed by atoms with van der Waals surface area (Å²) in [5.41, 5.74) is 2.75. The molecule has 2 aromatic heterocycles. The average Bonchev–Trinajstić information content (AvgIpc) is 3.40. The number of aliphatic hydroxyl groups excluding tert-OH is 1. The van der Waals surface area contributed by atoms with Gasteiger partial charge in [-0.2, -0.15) is 0 Å². The molecule has 0 saturated heterocycles. The zero-order chi connectivity index (χ0) is 22.1. The van der Waals surface area contributed by atoms with Gasteiger partial charge in [-0.3, -0.25) is 9.36 Å². The van der Waals surface area contributed by atoms with Crippen LogP contribution in [0.4, 0.5) is 0 Å². The molecule has 1 aliphatic rings. The van der Waals surface area contributed by atoms with Crippen molar-refractivity contribution in [1.29, 1.82) is 0 Å². The molecule has 0 saturated carbocycles. The number of aliphatic hydroxyl groups is 1. The number of aryl methyl sites for hydroxylation is 1. The van der Waals surface area contributed by atoms with Crippen LogP contribution >= 0.6 is 11.3 Å². The molecule has 5 rings (SSSR count). The molecule has 32 heavy (non-hydrogen) atoms. The fraction of sp³-hybridized carbons (Fsp3) is 0.250. The van der Waals surface area contributed by atoms with Crippen molar-refractivity contribution in [2.24, 2.45) is 0 Å². The highest BCUT2D eigenvalue weighted by Crippen LogP contribution is 2.35. The van der Waals surface area contributed by atoms with Crippen LogP contribution in [0.2, 0.25) is 0 Å². The number of hydrogen-bond acceptors (Lipinski definition) is 7. The van der Waals surface area contributed by atoms with Gasteiger partial charge in [0.2, 0.25) is 6.79 Å². The Morgan fingerprint density at radius 2 is 2.00 bits per heavy atom. The Morgan fingerprint density at radius 3 is 2.84 bits per heavy atom. The second-order valence-electron chi connectivity index (χ2n) is 7.66. The van der Waals surface area contributed by atoms with Crippen molar-refractivity contribution in [2.75, 3.05) is 13.4 Å². The van der Waals surface area contributed by atoms with E-state index >= 15 is 0 Å². The predicted octanol–water partition coefficient (Wildman–Crippen LogP) is 3.74. The molecule has 1 atom stereocenters. The van der Waals surface area contributed by atoms with Crippen molar-refractivity contribution >= 4 is 21.6 Å². The summed E-state index contributed by atoms with van der Waals surface area (Å²) in [6, 6.07) is 15.6. The lowest BCUT2D eigenvalue weighted by molar-refractivity contribution is 0.0198. The topological polar surface area (TPSA) is 82.8 Å². The smallest absolute Gasteiger partial charge is 0.262 e. The van der Waals surface area contributed by atoms with Crippen molar-refractivity contribution in [3.8, 4) is 21.9 Å². The average molecular weight is 451 g/mol. The molecular formula is C24H22N2O5S. The summed E-state index contributed by atoms with van der Waals surface area (Å²) in [6.45, 7) is 2.70. The second kappa shape index (κ2) is 8.74. The summed E-state index contributed by atoms with van der Waals surface area (Å²) in [7, 11) is 0. The first-order chi connectivity index (χ1) is 15.6. The molecule has 2 aromatic carbocycles. The summed E-state index contributed by atoms with van der Waals surface area (Å²) < 4.78 is 17.8. The van der Waals surface area contributed by atoms with E-state index in [1.54, 1.807) is 0 Å². The Labute approximate surface area is 188 Å². The van der Waals surface area contributed by atoms with E-state index in [9.17, 15) is 9.90 Å². The molecule has 0 radical (unpaired) electrons. The number of ether oxygens (including phenoxy) is 3. The van der Waals surface area contributed by atoms with Crippen LogP contribution in [0, 0.1) is 6.92 Å². The first-order valence-electron chi connectivity index (χ1n) is 10.3. The molecule has 0 fully saturated rings. The van der Waals surface area contributed by atoms with Gasteiger partial charge >= 0.3 is 0 Å². The lowest BCUT2D eigenvalue weighted by Gasteiger charge is -2.13. The number of rotatable bonds is 7. The minimum absolute atomic E-state index is 0.0941. The fourth-order valence-corrected chi connectivity index (χ4v) is 4.92. The van der Waals surface area contributed by atoms with Crippen molar-refractivity contribution in [3.05, 3.63) is 76.3 Å². The maximum Gasteiger partial charge on any atom is 0.262 e. The number of aromatic nitrogens is 2. The lowest BCUT2D eigenvalue weighted by atomic mass is 10.1. The summed E-state index contributed by atoms with van der Waals surface area (Å²) in [6.07, 6.45) is 0.657. The number of benzene rings is 2. The third kappa shape index (κ3) is 4.00. The monoisotopic (exact) mass is 450 g/mol. The van der Waals surface area contributed by atoms with E-state index in [1.165, 1.54) is 22.2 Å². The van der Waals surface area contributed by atoms with E-state index in [1.807, 2.05) is 55.5 Å². The number of hydrogen-bond donors (Lipinski definition) is 1. The van der Waals surface area contributed by atoms with Gasteiger partial charge in [-0.1, -0.05) is 36.4 Å². The highest BCUT2D eigenvalue weighted by molar-refractivity contribution is 7.22. The van der Waals surface area contributed by atoms with Crippen LogP contribution in [0.25, 0.3) is 20.7 Å². The molecule has 3 heterocycles. The first kappa shape index (κ1) is 20.7. The molecular weight excluding hydrogens is 428 g/mol. The molecule has 0 amide bonds. The van der Waals surface area contributed by atoms with Gasteiger partial charge in [-0.05, 0) is 35.7 Å². The van der Waals surface area contributed by atoms with Crippen LogP contribution in [0.1, 0.15) is 11.1 Å². The number of nitrogens with zero attached hydrogens (tertiary/aromatic N) is 2. The van der Waals surface area contributed by atoms with Crippen LogP contribution in [0.5, 0.6) is 11.5 Å². The molecule has 7 nitrogen and oxygen atoms in total. The van der Waals surface area contributed by atoms with Gasteiger partial charge in [0.25, 0.3) is 5.56 Å². The molecule has 1 aliphatic heterocycles. The highest BCUT2D eigenvalue weighted by Gasteiger charge is 2.17. The zero-order valence-corrected chi connectivity index (χ0v) is 18.3. The van der Waals surface area contributed by atoms with Gasteiger partial charge in [0.1, 0.15) is 4.83 Å². The molecule has 1 N–H and O–H groups in total. The van der Waals surface area contributed by atoms with Gasteiger partial charge in [0.15, 0.2) is 11.5 Å². The van der Waals surface area contributed by atoms with E-state index in [2.05, 4.69) is 4.98 Å². The molecule has 8 heteroatoms. The van der Waals surface area contributed by atoms with E-state index in [0.29, 0.717) is 22.6 Å². The maximum absolute atomic E-state index is 13.1. The molecule has 0 aliphatic carbocycles. The zero-order valence-electron chi connectivity index (χ0n) is 17.5. The standard InChI is InChI=1S/C24H22N2O5S/c1-15-21-23(32-22(15)17-5-3-2-4-6-17)25-13-26(24(21)28)10-18(27)12-29-11-16-7-8-19-20(9-16)31-14-30-19/h2-9,13,18,27H,10-12,14H2,1H3. The minimum Gasteiger partial charge on any atom is -0.454 e. The van der Waals surface area contributed by atoms with Crippen molar-refractivity contribution in [2.45, 2.75) is 26.2 Å². The number of thiophene rings is 1. The largest absolute Gasteiger partial charge is 0.454 e. The van der Waals surface area contributed by atoms with E-state index in [0.717, 1.165) is 27.3 Å². The molecule has 1 unspecified atom stereocenters. The molecule has 0 bridgehead atoms. The Kier molecular flexibility index (Phi) is 5.65. The SMILES string of the molecule is Cc1c(-c2ccccc2)sc2ncn(CC(O)COCc3ccc4c(c3)OCO4)c(=O)c12. The summed E-state index contributed by atoms with van der Waals surface area (Å²) in [5.74, 6) is 1.41. The second-order valence-corrected chi connectivity index (χ2v) is 8.66. The van der Waals surface area contributed by atoms with Crippen LogP contribution in [0.3, 0.4) is 0 Å². The third-order valence-electron chi connectivity index (χ3n) is 5.38. The summed E-state index contributed by atoms with van der Waals surface area (Å²) in [4.78, 5) is 19.3. The van der Waals surface area contributed by atoms with Gasteiger partial charge in [0.05, 0.1) is 37.6 Å². The Morgan fingerprint density at radius 1 is 1.19 bits per heavy atom. The molecule has 164 valence electrons. The van der Waals surface area contributed by atoms with E-state index in [4.69, 9.17) is 14.2 Å². The molecule has 4 aromatic rings. The Balaban J connectivity index is 1.27. The highest BCUT2D eigenvalue weighted by atomic mass is 32.1. The van der Waals surface area contributed by atoms with Crippen molar-refractivity contribution in [1.82, 2.24) is 9.55 Å².